The van der Waals surface area contributed by atoms with Crippen LogP contribution in [0.1, 0.15) is 5.56 Å². The molecule has 0 bridgehead atoms. The second-order valence-corrected chi connectivity index (χ2v) is 4.06. The van der Waals surface area contributed by atoms with E-state index in [0.29, 0.717) is 5.69 Å². The molecular formula is C11H8Cl2N4O. The molecule has 92 valence electrons. The third kappa shape index (κ3) is 3.09. The van der Waals surface area contributed by atoms with Gasteiger partial charge in [0, 0.05) is 0 Å². The van der Waals surface area contributed by atoms with Crippen molar-refractivity contribution in [3.63, 3.8) is 0 Å². The largest absolute Gasteiger partial charge is 0.508 e. The van der Waals surface area contributed by atoms with Crippen molar-refractivity contribution in [3.8, 4) is 5.75 Å². The van der Waals surface area contributed by atoms with Crippen molar-refractivity contribution in [2.75, 3.05) is 5.43 Å². The predicted molar refractivity (Wildman–Crippen MR) is 71.4 cm³/mol. The van der Waals surface area contributed by atoms with Crippen molar-refractivity contribution in [2.24, 2.45) is 5.10 Å². The Hall–Kier alpha value is -1.85. The molecule has 2 rings (SSSR count). The summed E-state index contributed by atoms with van der Waals surface area (Å²) in [5, 5.41) is 20.8. The van der Waals surface area contributed by atoms with Gasteiger partial charge in [0.05, 0.1) is 18.1 Å². The third-order valence-electron chi connectivity index (χ3n) is 2.02. The van der Waals surface area contributed by atoms with Crippen LogP contribution in [0.15, 0.2) is 35.6 Å². The summed E-state index contributed by atoms with van der Waals surface area (Å²) in [7, 11) is 0. The van der Waals surface area contributed by atoms with Crippen LogP contribution in [0.3, 0.4) is 0 Å². The van der Waals surface area contributed by atoms with Crippen LogP contribution in [0.5, 0.6) is 5.75 Å². The molecule has 18 heavy (non-hydrogen) atoms. The molecule has 0 radical (unpaired) electrons. The molecule has 7 heteroatoms. The van der Waals surface area contributed by atoms with Gasteiger partial charge in [-0.25, -0.2) is 0 Å². The second-order valence-electron chi connectivity index (χ2n) is 3.33. The van der Waals surface area contributed by atoms with Gasteiger partial charge in [-0.05, 0) is 17.7 Å². The average Bonchev–Trinajstić information content (AvgIpc) is 2.35. The summed E-state index contributed by atoms with van der Waals surface area (Å²) in [5.41, 5.74) is 3.88. The van der Waals surface area contributed by atoms with Gasteiger partial charge in [0.2, 0.25) is 0 Å². The van der Waals surface area contributed by atoms with E-state index in [9.17, 15) is 5.11 Å². The standard InChI is InChI=1S/C11H8Cl2N4O/c12-10-9(6-15-17-11(10)13)16-14-5-7-2-1-3-8(18)4-7/h1-6,18H,(H,16,17). The lowest BCUT2D eigenvalue weighted by molar-refractivity contribution is 0.475. The highest BCUT2D eigenvalue weighted by molar-refractivity contribution is 6.42. The first-order chi connectivity index (χ1) is 8.66. The number of phenols is 1. The van der Waals surface area contributed by atoms with E-state index in [2.05, 4.69) is 20.7 Å². The van der Waals surface area contributed by atoms with Gasteiger partial charge in [0.1, 0.15) is 10.8 Å². The lowest BCUT2D eigenvalue weighted by atomic mass is 10.2. The number of hydrogen-bond acceptors (Lipinski definition) is 5. The van der Waals surface area contributed by atoms with Crippen molar-refractivity contribution < 1.29 is 5.11 Å². The monoisotopic (exact) mass is 282 g/mol. The Labute approximate surface area is 113 Å². The van der Waals surface area contributed by atoms with E-state index in [-0.39, 0.29) is 15.9 Å². The Balaban J connectivity index is 2.10. The minimum absolute atomic E-state index is 0.106. The predicted octanol–water partition coefficient (Wildman–Crippen LogP) is 2.94. The molecule has 0 aliphatic rings. The van der Waals surface area contributed by atoms with Gasteiger partial charge >= 0.3 is 0 Å². The Morgan fingerprint density at radius 3 is 2.94 bits per heavy atom. The average molecular weight is 283 g/mol. The SMILES string of the molecule is Oc1cccc(C=NNc2cnnc(Cl)c2Cl)c1. The molecule has 0 saturated carbocycles. The van der Waals surface area contributed by atoms with E-state index < -0.39 is 0 Å². The lowest BCUT2D eigenvalue weighted by Gasteiger charge is -2.02. The van der Waals surface area contributed by atoms with Crippen LogP contribution in [0.4, 0.5) is 5.69 Å². The number of hydrazone groups is 1. The normalized spacial score (nSPS) is 10.8. The summed E-state index contributed by atoms with van der Waals surface area (Å²) in [6.45, 7) is 0. The Morgan fingerprint density at radius 2 is 2.17 bits per heavy atom. The van der Waals surface area contributed by atoms with E-state index in [1.54, 1.807) is 24.3 Å². The Kier molecular flexibility index (Phi) is 3.96. The zero-order valence-electron chi connectivity index (χ0n) is 9.01. The molecule has 0 aliphatic heterocycles. The van der Waals surface area contributed by atoms with Crippen LogP contribution in [-0.4, -0.2) is 21.5 Å². The minimum atomic E-state index is 0.106. The van der Waals surface area contributed by atoms with Gasteiger partial charge in [0.15, 0.2) is 5.15 Å². The number of rotatable bonds is 3. The number of halogens is 2. The highest BCUT2D eigenvalue weighted by Gasteiger charge is 2.04. The Bertz CT molecular complexity index is 589. The summed E-state index contributed by atoms with van der Waals surface area (Å²) in [4.78, 5) is 0. The summed E-state index contributed by atoms with van der Waals surface area (Å²) < 4.78 is 0. The molecule has 0 aliphatic carbocycles. The van der Waals surface area contributed by atoms with Crippen molar-refractivity contribution >= 4 is 35.1 Å². The molecule has 0 spiro atoms. The van der Waals surface area contributed by atoms with Crippen LogP contribution in [0.25, 0.3) is 0 Å². The molecule has 1 aromatic carbocycles. The summed E-state index contributed by atoms with van der Waals surface area (Å²) in [6.07, 6.45) is 2.94. The summed E-state index contributed by atoms with van der Waals surface area (Å²) in [6, 6.07) is 6.66. The number of aromatic nitrogens is 2. The van der Waals surface area contributed by atoms with Crippen LogP contribution in [0.2, 0.25) is 10.2 Å². The maximum atomic E-state index is 9.27. The van der Waals surface area contributed by atoms with Crippen LogP contribution >= 0.6 is 23.2 Å². The molecule has 0 unspecified atom stereocenters. The van der Waals surface area contributed by atoms with Gasteiger partial charge in [-0.2, -0.15) is 10.2 Å². The zero-order valence-corrected chi connectivity index (χ0v) is 10.5. The fourth-order valence-corrected chi connectivity index (χ4v) is 1.48. The van der Waals surface area contributed by atoms with Gasteiger partial charge < -0.3 is 5.11 Å². The minimum Gasteiger partial charge on any atom is -0.508 e. The van der Waals surface area contributed by atoms with Gasteiger partial charge in [-0.1, -0.05) is 35.3 Å². The van der Waals surface area contributed by atoms with Crippen LogP contribution in [0, 0.1) is 0 Å². The molecule has 0 saturated heterocycles. The van der Waals surface area contributed by atoms with Crippen molar-refractivity contribution in [3.05, 3.63) is 46.2 Å². The molecule has 0 amide bonds. The number of nitrogens with one attached hydrogen (secondary N) is 1. The maximum absolute atomic E-state index is 9.27. The fraction of sp³-hybridized carbons (Fsp3) is 0. The topological polar surface area (TPSA) is 70.4 Å². The molecule has 1 heterocycles. The number of aromatic hydroxyl groups is 1. The highest BCUT2D eigenvalue weighted by Crippen LogP contribution is 2.26. The van der Waals surface area contributed by atoms with E-state index in [0.717, 1.165) is 5.56 Å². The van der Waals surface area contributed by atoms with Gasteiger partial charge in [0.25, 0.3) is 0 Å². The lowest BCUT2D eigenvalue weighted by Crippen LogP contribution is -1.94. The van der Waals surface area contributed by atoms with Crippen molar-refractivity contribution in [1.82, 2.24) is 10.2 Å². The first-order valence-electron chi connectivity index (χ1n) is 4.91. The van der Waals surface area contributed by atoms with E-state index in [1.165, 1.54) is 12.4 Å². The van der Waals surface area contributed by atoms with Gasteiger partial charge in [-0.15, -0.1) is 5.10 Å². The molecule has 0 fully saturated rings. The van der Waals surface area contributed by atoms with E-state index in [1.807, 2.05) is 0 Å². The van der Waals surface area contributed by atoms with E-state index >= 15 is 0 Å². The number of hydrogen-bond donors (Lipinski definition) is 2. The Morgan fingerprint density at radius 1 is 1.33 bits per heavy atom. The molecular weight excluding hydrogens is 275 g/mol. The maximum Gasteiger partial charge on any atom is 0.172 e. The van der Waals surface area contributed by atoms with Crippen LogP contribution < -0.4 is 5.43 Å². The summed E-state index contributed by atoms with van der Waals surface area (Å²) in [5.74, 6) is 0.172. The fourth-order valence-electron chi connectivity index (χ4n) is 1.21. The zero-order chi connectivity index (χ0) is 13.0. The van der Waals surface area contributed by atoms with E-state index in [4.69, 9.17) is 23.2 Å². The summed E-state index contributed by atoms with van der Waals surface area (Å²) >= 11 is 11.6. The van der Waals surface area contributed by atoms with Crippen molar-refractivity contribution in [1.29, 1.82) is 0 Å². The molecule has 1 aromatic heterocycles. The van der Waals surface area contributed by atoms with Crippen LogP contribution in [-0.2, 0) is 0 Å². The number of nitrogens with zero attached hydrogens (tertiary/aromatic N) is 3. The molecule has 2 N–H and O–H groups in total. The van der Waals surface area contributed by atoms with Gasteiger partial charge in [-0.3, -0.25) is 5.43 Å². The second kappa shape index (κ2) is 5.66. The molecule has 2 aromatic rings. The molecule has 5 nitrogen and oxygen atoms in total. The smallest absolute Gasteiger partial charge is 0.172 e. The quantitative estimate of drug-likeness (QED) is 0.671. The number of benzene rings is 1. The number of phenolic OH excluding ortho intramolecular Hbond substituents is 1. The number of anilines is 1. The third-order valence-corrected chi connectivity index (χ3v) is 2.76. The van der Waals surface area contributed by atoms with Crippen molar-refractivity contribution in [2.45, 2.75) is 0 Å². The first kappa shape index (κ1) is 12.6. The molecule has 0 atom stereocenters. The first-order valence-corrected chi connectivity index (χ1v) is 5.67. The highest BCUT2D eigenvalue weighted by atomic mass is 35.5.